The molecule has 0 aliphatic heterocycles. The van der Waals surface area contributed by atoms with E-state index in [4.69, 9.17) is 33.2 Å². The summed E-state index contributed by atoms with van der Waals surface area (Å²) in [6.07, 6.45) is 0. The number of halogens is 2. The standard InChI is InChI=1S/C10H7Cl2NO2/c1-2-15-10(14)8-7(11)4-3-6(5-13)9(8)12/h3-4H,2H2,1H3. The van der Waals surface area contributed by atoms with Crippen LogP contribution in [-0.4, -0.2) is 12.6 Å². The lowest BCUT2D eigenvalue weighted by atomic mass is 10.1. The Kier molecular flexibility index (Phi) is 3.96. The fourth-order valence-corrected chi connectivity index (χ4v) is 1.60. The fraction of sp³-hybridized carbons (Fsp3) is 0.200. The molecule has 0 radical (unpaired) electrons. The number of esters is 1. The summed E-state index contributed by atoms with van der Waals surface area (Å²) >= 11 is 11.6. The molecule has 15 heavy (non-hydrogen) atoms. The summed E-state index contributed by atoms with van der Waals surface area (Å²) in [5, 5.41) is 8.92. The number of benzene rings is 1. The second-order valence-electron chi connectivity index (χ2n) is 2.62. The Morgan fingerprint density at radius 1 is 1.53 bits per heavy atom. The Balaban J connectivity index is 3.28. The van der Waals surface area contributed by atoms with Gasteiger partial charge in [-0.2, -0.15) is 5.26 Å². The lowest BCUT2D eigenvalue weighted by molar-refractivity contribution is 0.0527. The number of ether oxygens (including phenoxy) is 1. The average Bonchev–Trinajstić information content (AvgIpc) is 2.18. The van der Waals surface area contributed by atoms with Crippen molar-refractivity contribution in [3.63, 3.8) is 0 Å². The summed E-state index contributed by atoms with van der Waals surface area (Å²) in [5.41, 5.74) is 0.239. The second-order valence-corrected chi connectivity index (χ2v) is 3.40. The number of rotatable bonds is 2. The summed E-state index contributed by atoms with van der Waals surface area (Å²) in [6, 6.07) is 4.76. The maximum absolute atomic E-state index is 11.5. The molecule has 0 bridgehead atoms. The molecule has 3 nitrogen and oxygen atoms in total. The predicted molar refractivity (Wildman–Crippen MR) is 57.1 cm³/mol. The Bertz CT molecular complexity index is 438. The topological polar surface area (TPSA) is 50.1 Å². The van der Waals surface area contributed by atoms with Crippen LogP contribution < -0.4 is 0 Å². The Hall–Kier alpha value is -1.24. The average molecular weight is 244 g/mol. The van der Waals surface area contributed by atoms with Gasteiger partial charge in [-0.15, -0.1) is 0 Å². The minimum atomic E-state index is -0.621. The van der Waals surface area contributed by atoms with Gasteiger partial charge in [-0.3, -0.25) is 0 Å². The molecule has 0 unspecified atom stereocenters. The minimum absolute atomic E-state index is 0.0310. The molecule has 0 amide bonds. The van der Waals surface area contributed by atoms with Crippen LogP contribution in [0, 0.1) is 11.3 Å². The first-order chi connectivity index (χ1) is 7.11. The molecule has 0 aliphatic carbocycles. The van der Waals surface area contributed by atoms with Gasteiger partial charge in [-0.25, -0.2) is 4.79 Å². The number of hydrogen-bond acceptors (Lipinski definition) is 3. The quantitative estimate of drug-likeness (QED) is 0.751. The minimum Gasteiger partial charge on any atom is -0.462 e. The molecule has 0 heterocycles. The summed E-state index contributed by atoms with van der Waals surface area (Å²) < 4.78 is 4.77. The summed E-state index contributed by atoms with van der Waals surface area (Å²) in [5.74, 6) is -0.621. The van der Waals surface area contributed by atoms with Gasteiger partial charge in [-0.05, 0) is 19.1 Å². The van der Waals surface area contributed by atoms with Crippen molar-refractivity contribution < 1.29 is 9.53 Å². The molecular weight excluding hydrogens is 237 g/mol. The van der Waals surface area contributed by atoms with Crippen molar-refractivity contribution in [3.05, 3.63) is 33.3 Å². The number of carbonyl (C=O) groups is 1. The molecule has 0 saturated carbocycles. The molecular formula is C10H7Cl2NO2. The number of carbonyl (C=O) groups excluding carboxylic acids is 1. The van der Waals surface area contributed by atoms with E-state index in [-0.39, 0.29) is 27.8 Å². The molecule has 1 rings (SSSR count). The van der Waals surface area contributed by atoms with Gasteiger partial charge in [0.2, 0.25) is 0 Å². The molecule has 5 heteroatoms. The van der Waals surface area contributed by atoms with E-state index in [1.165, 1.54) is 12.1 Å². The highest BCUT2D eigenvalue weighted by atomic mass is 35.5. The third kappa shape index (κ3) is 2.41. The molecule has 0 spiro atoms. The van der Waals surface area contributed by atoms with Crippen LogP contribution in [0.5, 0.6) is 0 Å². The van der Waals surface area contributed by atoms with E-state index in [0.717, 1.165) is 0 Å². The lowest BCUT2D eigenvalue weighted by Crippen LogP contribution is -2.07. The lowest BCUT2D eigenvalue weighted by Gasteiger charge is -2.06. The smallest absolute Gasteiger partial charge is 0.341 e. The van der Waals surface area contributed by atoms with Crippen LogP contribution in [0.4, 0.5) is 0 Å². The van der Waals surface area contributed by atoms with Crippen LogP contribution in [-0.2, 0) is 4.74 Å². The highest BCUT2D eigenvalue weighted by Crippen LogP contribution is 2.28. The fourth-order valence-electron chi connectivity index (χ4n) is 1.03. The van der Waals surface area contributed by atoms with Gasteiger partial charge in [-0.1, -0.05) is 23.2 Å². The first-order valence-corrected chi connectivity index (χ1v) is 4.92. The van der Waals surface area contributed by atoms with Crippen molar-refractivity contribution in [1.29, 1.82) is 5.26 Å². The van der Waals surface area contributed by atoms with Gasteiger partial charge in [0.1, 0.15) is 6.07 Å². The van der Waals surface area contributed by atoms with Gasteiger partial charge in [0.15, 0.2) is 0 Å². The van der Waals surface area contributed by atoms with Crippen LogP contribution >= 0.6 is 23.2 Å². The van der Waals surface area contributed by atoms with Crippen molar-refractivity contribution in [2.75, 3.05) is 6.61 Å². The van der Waals surface area contributed by atoms with Gasteiger partial charge in [0.05, 0.1) is 27.8 Å². The van der Waals surface area contributed by atoms with Crippen LogP contribution in [0.1, 0.15) is 22.8 Å². The van der Waals surface area contributed by atoms with E-state index < -0.39 is 5.97 Å². The Labute approximate surface area is 97.2 Å². The zero-order valence-corrected chi connectivity index (χ0v) is 9.39. The van der Waals surface area contributed by atoms with E-state index in [9.17, 15) is 4.79 Å². The van der Waals surface area contributed by atoms with Gasteiger partial charge < -0.3 is 4.74 Å². The van der Waals surface area contributed by atoms with E-state index in [1.807, 2.05) is 6.07 Å². The van der Waals surface area contributed by atoms with Crippen LogP contribution in [0.15, 0.2) is 12.1 Å². The summed E-state index contributed by atoms with van der Waals surface area (Å²) in [4.78, 5) is 11.5. The van der Waals surface area contributed by atoms with E-state index in [2.05, 4.69) is 0 Å². The first-order valence-electron chi connectivity index (χ1n) is 4.17. The number of hydrogen-bond donors (Lipinski definition) is 0. The highest BCUT2D eigenvalue weighted by molar-refractivity contribution is 6.40. The van der Waals surface area contributed by atoms with Crippen molar-refractivity contribution in [2.24, 2.45) is 0 Å². The second kappa shape index (κ2) is 5.01. The van der Waals surface area contributed by atoms with Crippen molar-refractivity contribution >= 4 is 29.2 Å². The zero-order valence-electron chi connectivity index (χ0n) is 7.88. The van der Waals surface area contributed by atoms with Crippen LogP contribution in [0.3, 0.4) is 0 Å². The normalized spacial score (nSPS) is 9.47. The third-order valence-corrected chi connectivity index (χ3v) is 2.40. The molecule has 0 saturated heterocycles. The summed E-state index contributed by atoms with van der Waals surface area (Å²) in [7, 11) is 0. The van der Waals surface area contributed by atoms with Crippen LogP contribution in [0.25, 0.3) is 0 Å². The summed E-state index contributed by atoms with van der Waals surface area (Å²) in [6.45, 7) is 1.90. The van der Waals surface area contributed by atoms with E-state index >= 15 is 0 Å². The predicted octanol–water partition coefficient (Wildman–Crippen LogP) is 3.04. The van der Waals surface area contributed by atoms with Crippen molar-refractivity contribution in [2.45, 2.75) is 6.92 Å². The number of nitrogens with zero attached hydrogens (tertiary/aromatic N) is 1. The maximum Gasteiger partial charge on any atom is 0.341 e. The molecule has 0 aromatic heterocycles. The van der Waals surface area contributed by atoms with Gasteiger partial charge in [0.25, 0.3) is 0 Å². The third-order valence-electron chi connectivity index (χ3n) is 1.69. The Morgan fingerprint density at radius 2 is 2.20 bits per heavy atom. The molecule has 78 valence electrons. The van der Waals surface area contributed by atoms with Crippen molar-refractivity contribution in [3.8, 4) is 6.07 Å². The highest BCUT2D eigenvalue weighted by Gasteiger charge is 2.18. The monoisotopic (exact) mass is 243 g/mol. The van der Waals surface area contributed by atoms with E-state index in [0.29, 0.717) is 0 Å². The van der Waals surface area contributed by atoms with Crippen LogP contribution in [0.2, 0.25) is 10.0 Å². The molecule has 0 atom stereocenters. The largest absolute Gasteiger partial charge is 0.462 e. The van der Waals surface area contributed by atoms with E-state index in [1.54, 1.807) is 6.92 Å². The molecule has 0 N–H and O–H groups in total. The Morgan fingerprint density at radius 3 is 2.73 bits per heavy atom. The molecule has 0 aliphatic rings. The number of nitriles is 1. The maximum atomic E-state index is 11.5. The van der Waals surface area contributed by atoms with Gasteiger partial charge >= 0.3 is 5.97 Å². The first kappa shape index (κ1) is 11.8. The molecule has 1 aromatic carbocycles. The van der Waals surface area contributed by atoms with Crippen molar-refractivity contribution in [1.82, 2.24) is 0 Å². The van der Waals surface area contributed by atoms with Gasteiger partial charge in [0, 0.05) is 0 Å². The molecule has 1 aromatic rings. The SMILES string of the molecule is CCOC(=O)c1c(Cl)ccc(C#N)c1Cl. The zero-order chi connectivity index (χ0) is 11.4. The molecule has 0 fully saturated rings.